The lowest BCUT2D eigenvalue weighted by atomic mass is 9.96. The lowest BCUT2D eigenvalue weighted by Crippen LogP contribution is -2.23. The van der Waals surface area contributed by atoms with Crippen LogP contribution in [-0.2, 0) is 0 Å². The van der Waals surface area contributed by atoms with Gasteiger partial charge in [0, 0.05) is 24.2 Å². The Morgan fingerprint density at radius 3 is 2.57 bits per heavy atom. The van der Waals surface area contributed by atoms with Gasteiger partial charge in [-0.15, -0.1) is 0 Å². The van der Waals surface area contributed by atoms with E-state index in [0.717, 1.165) is 24.2 Å². The van der Waals surface area contributed by atoms with Crippen LogP contribution >= 0.6 is 11.6 Å². The predicted molar refractivity (Wildman–Crippen MR) is 118 cm³/mol. The van der Waals surface area contributed by atoms with Crippen molar-refractivity contribution in [3.05, 3.63) is 35.0 Å². The zero-order valence-corrected chi connectivity index (χ0v) is 18.2. The molecule has 8 heteroatoms. The molecule has 1 aliphatic rings. The summed E-state index contributed by atoms with van der Waals surface area (Å²) in [5.74, 6) is 0.960. The quantitative estimate of drug-likeness (QED) is 0.546. The van der Waals surface area contributed by atoms with Crippen molar-refractivity contribution in [2.45, 2.75) is 65.0 Å². The number of nitrogens with zero attached hydrogens (tertiary/aromatic N) is 5. The van der Waals surface area contributed by atoms with Crippen molar-refractivity contribution < 1.29 is 4.39 Å². The van der Waals surface area contributed by atoms with E-state index in [9.17, 15) is 4.39 Å². The number of benzene rings is 1. The fourth-order valence-electron chi connectivity index (χ4n) is 4.13. The molecule has 1 N–H and O–H groups in total. The molecule has 0 spiro atoms. The van der Waals surface area contributed by atoms with Gasteiger partial charge in [0.05, 0.1) is 22.4 Å². The molecule has 0 radical (unpaired) electrons. The third-order valence-corrected chi connectivity index (χ3v) is 5.67. The summed E-state index contributed by atoms with van der Waals surface area (Å²) in [7, 11) is 0. The Kier molecular flexibility index (Phi) is 6.88. The highest BCUT2D eigenvalue weighted by atomic mass is 35.5. The number of anilines is 1. The molecular weight excluding hydrogens is 403 g/mol. The second-order valence-electron chi connectivity index (χ2n) is 7.82. The van der Waals surface area contributed by atoms with Crippen LogP contribution in [0.25, 0.3) is 22.3 Å². The van der Waals surface area contributed by atoms with Crippen LogP contribution in [0.15, 0.2) is 18.3 Å². The topological polar surface area (TPSA) is 79.4 Å². The molecule has 2 heterocycles. The molecule has 0 atom stereocenters. The van der Waals surface area contributed by atoms with E-state index in [-0.39, 0.29) is 11.9 Å². The number of aromatic nitrogens is 4. The van der Waals surface area contributed by atoms with Crippen LogP contribution in [0.4, 0.5) is 10.3 Å². The first-order chi connectivity index (χ1) is 14.4. The SMILES string of the molecule is C#N.Cc1nc2c(F)cc(-c3nc(NC4CCCCC4)ncc3Cl)cc2n1C(C)C. The second kappa shape index (κ2) is 9.40. The average Bonchev–Trinajstić information content (AvgIpc) is 3.08. The highest BCUT2D eigenvalue weighted by Gasteiger charge is 2.19. The van der Waals surface area contributed by atoms with E-state index in [1.54, 1.807) is 6.20 Å². The molecule has 0 saturated heterocycles. The smallest absolute Gasteiger partial charge is 0.223 e. The van der Waals surface area contributed by atoms with Crippen LogP contribution in [0.1, 0.15) is 57.8 Å². The van der Waals surface area contributed by atoms with Gasteiger partial charge in [-0.3, -0.25) is 0 Å². The van der Waals surface area contributed by atoms with E-state index < -0.39 is 0 Å². The molecule has 30 heavy (non-hydrogen) atoms. The van der Waals surface area contributed by atoms with Gasteiger partial charge in [0.25, 0.3) is 0 Å². The number of halogens is 2. The van der Waals surface area contributed by atoms with Gasteiger partial charge in [-0.2, -0.15) is 0 Å². The van der Waals surface area contributed by atoms with Crippen LogP contribution < -0.4 is 5.32 Å². The summed E-state index contributed by atoms with van der Waals surface area (Å²) in [5, 5.41) is 10.3. The van der Waals surface area contributed by atoms with Gasteiger partial charge in [0.2, 0.25) is 5.95 Å². The fraction of sp³-hybridized carbons (Fsp3) is 0.455. The number of hydrogen-bond donors (Lipinski definition) is 1. The average molecular weight is 429 g/mol. The summed E-state index contributed by atoms with van der Waals surface area (Å²) in [5.41, 5.74) is 2.29. The first kappa shape index (κ1) is 22.0. The summed E-state index contributed by atoms with van der Waals surface area (Å²) in [6.07, 6.45) is 7.55. The molecule has 1 fully saturated rings. The number of imidazole rings is 1. The first-order valence-electron chi connectivity index (χ1n) is 10.2. The number of nitrogens with one attached hydrogen (secondary N) is 1. The van der Waals surface area contributed by atoms with E-state index in [1.165, 1.54) is 25.3 Å². The largest absolute Gasteiger partial charge is 0.351 e. The molecule has 6 nitrogen and oxygen atoms in total. The number of rotatable bonds is 4. The van der Waals surface area contributed by atoms with Crippen molar-refractivity contribution >= 4 is 28.6 Å². The van der Waals surface area contributed by atoms with Gasteiger partial charge in [-0.25, -0.2) is 24.6 Å². The normalized spacial score (nSPS) is 14.5. The number of aryl methyl sites for hydroxylation is 1. The maximum absolute atomic E-state index is 14.8. The molecular formula is C22H26ClFN6. The van der Waals surface area contributed by atoms with Crippen LogP contribution in [-0.4, -0.2) is 25.6 Å². The molecule has 3 aromatic rings. The molecule has 0 amide bonds. The molecule has 2 aromatic heterocycles. The monoisotopic (exact) mass is 428 g/mol. The molecule has 1 saturated carbocycles. The minimum atomic E-state index is -0.369. The van der Waals surface area contributed by atoms with E-state index >= 15 is 0 Å². The number of fused-ring (bicyclic) bond motifs is 1. The Morgan fingerprint density at radius 2 is 1.90 bits per heavy atom. The maximum atomic E-state index is 14.8. The number of nitriles is 1. The molecule has 1 aliphatic carbocycles. The summed E-state index contributed by atoms with van der Waals surface area (Å²) < 4.78 is 16.8. The second-order valence-corrected chi connectivity index (χ2v) is 8.23. The zero-order chi connectivity index (χ0) is 21.8. The lowest BCUT2D eigenvalue weighted by Gasteiger charge is -2.22. The first-order valence-corrected chi connectivity index (χ1v) is 10.5. The van der Waals surface area contributed by atoms with Crippen LogP contribution in [0.3, 0.4) is 0 Å². The highest BCUT2D eigenvalue weighted by molar-refractivity contribution is 6.33. The summed E-state index contributed by atoms with van der Waals surface area (Å²) in [4.78, 5) is 13.3. The number of hydrogen-bond acceptors (Lipinski definition) is 5. The van der Waals surface area contributed by atoms with E-state index in [4.69, 9.17) is 16.9 Å². The van der Waals surface area contributed by atoms with Crippen LogP contribution in [0.5, 0.6) is 0 Å². The Balaban J connectivity index is 0.00000124. The molecule has 4 rings (SSSR count). The minimum Gasteiger partial charge on any atom is -0.351 e. The predicted octanol–water partition coefficient (Wildman–Crippen LogP) is 6.06. The van der Waals surface area contributed by atoms with Crippen molar-refractivity contribution in [1.29, 1.82) is 5.26 Å². The Bertz CT molecular complexity index is 1050. The van der Waals surface area contributed by atoms with Gasteiger partial charge >= 0.3 is 0 Å². The van der Waals surface area contributed by atoms with Crippen molar-refractivity contribution in [2.24, 2.45) is 0 Å². The van der Waals surface area contributed by atoms with Crippen molar-refractivity contribution in [1.82, 2.24) is 19.5 Å². The Morgan fingerprint density at radius 1 is 1.20 bits per heavy atom. The van der Waals surface area contributed by atoms with Crippen LogP contribution in [0.2, 0.25) is 5.02 Å². The van der Waals surface area contributed by atoms with Crippen molar-refractivity contribution in [3.63, 3.8) is 0 Å². The third-order valence-electron chi connectivity index (χ3n) is 5.40. The standard InChI is InChI=1S/C21H25ClFN5.CHN/c1-12(2)28-13(3)25-20-17(23)9-14(10-18(20)28)19-16(22)11-24-21(27-19)26-15-7-5-4-6-8-15;1-2/h9-12,15H,4-8H2,1-3H3,(H,24,26,27);1H. The van der Waals surface area contributed by atoms with E-state index in [1.807, 2.05) is 17.6 Å². The molecule has 158 valence electrons. The third kappa shape index (κ3) is 4.39. The van der Waals surface area contributed by atoms with Crippen molar-refractivity contribution in [3.8, 4) is 17.8 Å². The van der Waals surface area contributed by atoms with Crippen molar-refractivity contribution in [2.75, 3.05) is 5.32 Å². The van der Waals surface area contributed by atoms with Gasteiger partial charge < -0.3 is 9.88 Å². The molecule has 0 unspecified atom stereocenters. The Hall–Kier alpha value is -2.72. The summed E-state index contributed by atoms with van der Waals surface area (Å²) in [6.45, 7) is 9.51. The van der Waals surface area contributed by atoms with Gasteiger partial charge in [-0.05, 0) is 45.7 Å². The lowest BCUT2D eigenvalue weighted by molar-refractivity contribution is 0.461. The van der Waals surface area contributed by atoms with Gasteiger partial charge in [0.1, 0.15) is 11.3 Å². The minimum absolute atomic E-state index is 0.170. The highest BCUT2D eigenvalue weighted by Crippen LogP contribution is 2.32. The molecule has 0 aliphatic heterocycles. The van der Waals surface area contributed by atoms with E-state index in [2.05, 4.69) is 40.7 Å². The molecule has 1 aromatic carbocycles. The molecule has 0 bridgehead atoms. The summed E-state index contributed by atoms with van der Waals surface area (Å²) >= 11 is 6.39. The summed E-state index contributed by atoms with van der Waals surface area (Å²) in [6, 6.07) is 3.92. The van der Waals surface area contributed by atoms with Gasteiger partial charge in [0.15, 0.2) is 5.82 Å². The van der Waals surface area contributed by atoms with Crippen LogP contribution in [0, 0.1) is 24.6 Å². The fourth-order valence-corrected chi connectivity index (χ4v) is 4.33. The zero-order valence-electron chi connectivity index (χ0n) is 17.5. The maximum Gasteiger partial charge on any atom is 0.223 e. The van der Waals surface area contributed by atoms with E-state index in [0.29, 0.717) is 33.8 Å². The van der Waals surface area contributed by atoms with Gasteiger partial charge in [-0.1, -0.05) is 30.9 Å². The Labute approximate surface area is 181 Å².